The highest BCUT2D eigenvalue weighted by molar-refractivity contribution is 6.31. The Kier molecular flexibility index (Phi) is 3.04. The zero-order valence-electron chi connectivity index (χ0n) is 8.85. The lowest BCUT2D eigenvalue weighted by Gasteiger charge is -2.14. The second-order valence-electron chi connectivity index (χ2n) is 3.47. The van der Waals surface area contributed by atoms with Gasteiger partial charge in [0, 0.05) is 0 Å². The minimum Gasteiger partial charge on any atom is -0.476 e. The van der Waals surface area contributed by atoms with Crippen molar-refractivity contribution in [2.45, 2.75) is 5.92 Å². The number of carbonyl (C=O) groups is 1. The van der Waals surface area contributed by atoms with Crippen LogP contribution in [0.25, 0.3) is 5.69 Å². The van der Waals surface area contributed by atoms with Crippen LogP contribution in [0.3, 0.4) is 0 Å². The van der Waals surface area contributed by atoms with Gasteiger partial charge in [-0.2, -0.15) is 13.9 Å². The third-order valence-corrected chi connectivity index (χ3v) is 2.57. The van der Waals surface area contributed by atoms with Gasteiger partial charge in [-0.1, -0.05) is 29.8 Å². The molecule has 1 aromatic heterocycles. The lowest BCUT2D eigenvalue weighted by molar-refractivity contribution is -0.167. The van der Waals surface area contributed by atoms with Crippen LogP contribution >= 0.6 is 11.6 Å². The lowest BCUT2D eigenvalue weighted by Crippen LogP contribution is -2.28. The maximum Gasteiger partial charge on any atom is 0.385 e. The van der Waals surface area contributed by atoms with Crippen LogP contribution in [-0.2, 0) is 10.7 Å². The fraction of sp³-hybridized carbons (Fsp3) is 0.0909. The summed E-state index contributed by atoms with van der Waals surface area (Å²) in [6.45, 7) is 0. The molecule has 18 heavy (non-hydrogen) atoms. The molecule has 1 N–H and O–H groups in total. The molecule has 1 heterocycles. The molecule has 0 bridgehead atoms. The monoisotopic (exact) mass is 272 g/mol. The van der Waals surface area contributed by atoms with Crippen molar-refractivity contribution in [1.82, 2.24) is 9.78 Å². The quantitative estimate of drug-likeness (QED) is 0.935. The van der Waals surface area contributed by atoms with Crippen LogP contribution in [0.15, 0.2) is 36.5 Å². The molecule has 0 aliphatic carbocycles. The average Bonchev–Trinajstić information content (AvgIpc) is 2.72. The molecule has 0 saturated heterocycles. The van der Waals surface area contributed by atoms with E-state index in [1.807, 2.05) is 0 Å². The second kappa shape index (κ2) is 4.38. The molecular formula is C11H7ClF2N2O2. The highest BCUT2D eigenvalue weighted by Crippen LogP contribution is 2.34. The van der Waals surface area contributed by atoms with E-state index in [-0.39, 0.29) is 0 Å². The van der Waals surface area contributed by atoms with E-state index in [1.165, 1.54) is 12.1 Å². The molecular weight excluding hydrogens is 266 g/mol. The maximum absolute atomic E-state index is 13.6. The van der Waals surface area contributed by atoms with Gasteiger partial charge in [-0.25, -0.2) is 9.48 Å². The van der Waals surface area contributed by atoms with Crippen molar-refractivity contribution < 1.29 is 18.7 Å². The first-order valence-corrected chi connectivity index (χ1v) is 5.23. The number of rotatable bonds is 3. The zero-order chi connectivity index (χ0) is 13.3. The van der Waals surface area contributed by atoms with Gasteiger partial charge in [-0.05, 0) is 12.1 Å². The molecule has 0 fully saturated rings. The van der Waals surface area contributed by atoms with Crippen molar-refractivity contribution in [3.8, 4) is 5.69 Å². The molecule has 1 aromatic carbocycles. The fourth-order valence-electron chi connectivity index (χ4n) is 1.48. The summed E-state index contributed by atoms with van der Waals surface area (Å²) < 4.78 is 28.0. The molecule has 0 unspecified atom stereocenters. The van der Waals surface area contributed by atoms with E-state index in [4.69, 9.17) is 16.7 Å². The number of carboxylic acid groups (broad SMARTS) is 1. The number of aliphatic carboxylic acids is 1. The zero-order valence-corrected chi connectivity index (χ0v) is 9.60. The molecule has 0 aliphatic rings. The first-order valence-electron chi connectivity index (χ1n) is 4.85. The van der Waals surface area contributed by atoms with Gasteiger partial charge in [0.1, 0.15) is 5.69 Å². The number of benzene rings is 1. The Morgan fingerprint density at radius 1 is 1.33 bits per heavy atom. The number of para-hydroxylation sites is 1. The molecule has 2 rings (SSSR count). The van der Waals surface area contributed by atoms with E-state index in [0.29, 0.717) is 5.69 Å². The van der Waals surface area contributed by atoms with Crippen LogP contribution in [-0.4, -0.2) is 20.9 Å². The molecule has 0 saturated carbocycles. The number of carboxylic acids is 1. The Morgan fingerprint density at radius 3 is 2.50 bits per heavy atom. The van der Waals surface area contributed by atoms with E-state index >= 15 is 0 Å². The van der Waals surface area contributed by atoms with Gasteiger partial charge in [-0.3, -0.25) is 0 Å². The number of halogens is 3. The van der Waals surface area contributed by atoms with E-state index in [0.717, 1.165) is 10.9 Å². The van der Waals surface area contributed by atoms with Crippen molar-refractivity contribution in [3.63, 3.8) is 0 Å². The molecule has 0 spiro atoms. The number of aromatic nitrogens is 2. The molecule has 7 heteroatoms. The first kappa shape index (κ1) is 12.5. The number of nitrogens with zero attached hydrogens (tertiary/aromatic N) is 2. The first-order chi connectivity index (χ1) is 8.44. The minimum absolute atomic E-state index is 0.306. The summed E-state index contributed by atoms with van der Waals surface area (Å²) >= 11 is 5.60. The van der Waals surface area contributed by atoms with E-state index in [1.54, 1.807) is 18.2 Å². The van der Waals surface area contributed by atoms with Crippen LogP contribution in [0.4, 0.5) is 8.78 Å². The summed E-state index contributed by atoms with van der Waals surface area (Å²) in [5.74, 6) is -6.38. The SMILES string of the molecule is O=C(O)C(F)(F)c1c(Cl)cnn1-c1ccccc1. The van der Waals surface area contributed by atoms with E-state index in [9.17, 15) is 13.6 Å². The fourth-order valence-corrected chi connectivity index (χ4v) is 1.72. The average molecular weight is 273 g/mol. The van der Waals surface area contributed by atoms with Gasteiger partial charge in [0.05, 0.1) is 16.9 Å². The van der Waals surface area contributed by atoms with Crippen LogP contribution in [0.5, 0.6) is 0 Å². The summed E-state index contributed by atoms with van der Waals surface area (Å²) in [6, 6.07) is 7.97. The van der Waals surface area contributed by atoms with Gasteiger partial charge < -0.3 is 5.11 Å². The van der Waals surface area contributed by atoms with Crippen molar-refractivity contribution >= 4 is 17.6 Å². The van der Waals surface area contributed by atoms with Crippen molar-refractivity contribution in [1.29, 1.82) is 0 Å². The number of alkyl halides is 2. The van der Waals surface area contributed by atoms with Crippen molar-refractivity contribution in [2.24, 2.45) is 0 Å². The topological polar surface area (TPSA) is 55.1 Å². The summed E-state index contributed by atoms with van der Waals surface area (Å²) in [5, 5.41) is 11.8. The minimum atomic E-state index is -4.11. The number of hydrogen-bond donors (Lipinski definition) is 1. The van der Waals surface area contributed by atoms with Gasteiger partial charge in [0.2, 0.25) is 0 Å². The van der Waals surface area contributed by atoms with Crippen molar-refractivity contribution in [2.75, 3.05) is 0 Å². The predicted molar refractivity (Wildman–Crippen MR) is 60.1 cm³/mol. The summed E-state index contributed by atoms with van der Waals surface area (Å²) in [4.78, 5) is 10.6. The third-order valence-electron chi connectivity index (χ3n) is 2.29. The van der Waals surface area contributed by atoms with Crippen LogP contribution in [0.1, 0.15) is 5.69 Å². The Balaban J connectivity index is 2.63. The standard InChI is InChI=1S/C11H7ClF2N2O2/c12-8-6-15-16(7-4-2-1-3-5-7)9(8)11(13,14)10(17)18/h1-6H,(H,17,18). The van der Waals surface area contributed by atoms with Gasteiger partial charge in [0.25, 0.3) is 0 Å². The summed E-state index contributed by atoms with van der Waals surface area (Å²) in [7, 11) is 0. The van der Waals surface area contributed by atoms with Gasteiger partial charge >= 0.3 is 11.9 Å². The molecule has 0 radical (unpaired) electrons. The number of hydrogen-bond acceptors (Lipinski definition) is 2. The normalized spacial score (nSPS) is 11.5. The Labute approximate surface area is 105 Å². The molecule has 0 amide bonds. The molecule has 94 valence electrons. The van der Waals surface area contributed by atoms with Gasteiger partial charge in [-0.15, -0.1) is 0 Å². The summed E-state index contributed by atoms with van der Waals surface area (Å²) in [5.41, 5.74) is -0.553. The second-order valence-corrected chi connectivity index (χ2v) is 3.88. The van der Waals surface area contributed by atoms with Gasteiger partial charge in [0.15, 0.2) is 0 Å². The molecule has 0 aliphatic heterocycles. The highest BCUT2D eigenvalue weighted by atomic mass is 35.5. The van der Waals surface area contributed by atoms with Crippen LogP contribution in [0.2, 0.25) is 5.02 Å². The van der Waals surface area contributed by atoms with Crippen LogP contribution in [0, 0.1) is 0 Å². The Bertz CT molecular complexity index is 584. The Hall–Kier alpha value is -1.95. The molecule has 0 atom stereocenters. The lowest BCUT2D eigenvalue weighted by atomic mass is 10.2. The smallest absolute Gasteiger partial charge is 0.385 e. The third kappa shape index (κ3) is 1.95. The summed E-state index contributed by atoms with van der Waals surface area (Å²) in [6.07, 6.45) is 0.987. The maximum atomic E-state index is 13.6. The van der Waals surface area contributed by atoms with E-state index in [2.05, 4.69) is 5.10 Å². The molecule has 2 aromatic rings. The molecule has 4 nitrogen and oxygen atoms in total. The highest BCUT2D eigenvalue weighted by Gasteiger charge is 2.46. The van der Waals surface area contributed by atoms with E-state index < -0.39 is 22.6 Å². The van der Waals surface area contributed by atoms with Crippen LogP contribution < -0.4 is 0 Å². The predicted octanol–water partition coefficient (Wildman–Crippen LogP) is 2.70. The largest absolute Gasteiger partial charge is 0.476 e. The Morgan fingerprint density at radius 2 is 1.94 bits per heavy atom. The van der Waals surface area contributed by atoms with Crippen molar-refractivity contribution in [3.05, 3.63) is 47.2 Å².